The summed E-state index contributed by atoms with van der Waals surface area (Å²) in [5.41, 5.74) is 3.17. The summed E-state index contributed by atoms with van der Waals surface area (Å²) in [6, 6.07) is 7.28. The summed E-state index contributed by atoms with van der Waals surface area (Å²) < 4.78 is 13.5. The zero-order valence-electron chi connectivity index (χ0n) is 14.2. The normalized spacial score (nSPS) is 17.2. The van der Waals surface area contributed by atoms with Crippen LogP contribution in [0.4, 0.5) is 17.1 Å². The van der Waals surface area contributed by atoms with Crippen molar-refractivity contribution in [3.8, 4) is 0 Å². The smallest absolute Gasteiger partial charge is 0.348 e. The van der Waals surface area contributed by atoms with Gasteiger partial charge >= 0.3 is 5.97 Å². The van der Waals surface area contributed by atoms with Crippen LogP contribution in [-0.4, -0.2) is 18.5 Å². The van der Waals surface area contributed by atoms with Crippen LogP contribution in [0, 0.1) is 5.92 Å². The molecule has 0 fully saturated rings. The van der Waals surface area contributed by atoms with Crippen LogP contribution in [0.25, 0.3) is 0 Å². The lowest BCUT2D eigenvalue weighted by Crippen LogP contribution is -2.20. The fraction of sp³-hybridized carbons (Fsp3) is 0.333. The van der Waals surface area contributed by atoms with Crippen LogP contribution in [0.15, 0.2) is 33.0 Å². The number of fused-ring (bicyclic) bond motifs is 2. The summed E-state index contributed by atoms with van der Waals surface area (Å²) in [4.78, 5) is 26.2. The van der Waals surface area contributed by atoms with Crippen LogP contribution in [0.3, 0.4) is 0 Å². The molecular weight excluding hydrogens is 370 g/mol. The van der Waals surface area contributed by atoms with Gasteiger partial charge in [-0.15, -0.1) is 11.3 Å². The lowest BCUT2D eigenvalue weighted by Gasteiger charge is -2.16. The molecule has 0 bridgehead atoms. The molecule has 0 saturated carbocycles. The molecule has 8 heteroatoms. The van der Waals surface area contributed by atoms with Gasteiger partial charge in [0.2, 0.25) is 0 Å². The molecule has 1 atom stereocenters. The maximum absolute atomic E-state index is 12.3. The van der Waals surface area contributed by atoms with Crippen molar-refractivity contribution in [2.45, 2.75) is 26.2 Å². The summed E-state index contributed by atoms with van der Waals surface area (Å²) in [6.07, 6.45) is 3.17. The van der Waals surface area contributed by atoms with E-state index in [9.17, 15) is 9.59 Å². The summed E-state index contributed by atoms with van der Waals surface area (Å²) in [6.45, 7) is 1.90. The second-order valence-corrected chi connectivity index (χ2v) is 8.13. The molecule has 1 aliphatic carbocycles. The van der Waals surface area contributed by atoms with Crippen molar-refractivity contribution in [1.82, 2.24) is 0 Å². The van der Waals surface area contributed by atoms with E-state index in [4.69, 9.17) is 4.74 Å². The van der Waals surface area contributed by atoms with E-state index in [0.717, 1.165) is 36.3 Å². The second kappa shape index (κ2) is 7.13. The van der Waals surface area contributed by atoms with Crippen molar-refractivity contribution < 1.29 is 14.3 Å². The predicted molar refractivity (Wildman–Crippen MR) is 102 cm³/mol. The SMILES string of the molecule is C[C@H]1CCc2sc(C(=O)OCC(=O)Nc3cccc4c3N=S=N4)cc2C1. The zero-order chi connectivity index (χ0) is 18.1. The molecule has 1 aromatic heterocycles. The van der Waals surface area contributed by atoms with Crippen molar-refractivity contribution in [2.24, 2.45) is 14.6 Å². The van der Waals surface area contributed by atoms with Crippen molar-refractivity contribution in [3.05, 3.63) is 39.6 Å². The minimum atomic E-state index is -0.444. The van der Waals surface area contributed by atoms with Crippen LogP contribution in [0.2, 0.25) is 0 Å². The van der Waals surface area contributed by atoms with Crippen molar-refractivity contribution in [1.29, 1.82) is 0 Å². The Morgan fingerprint density at radius 1 is 1.35 bits per heavy atom. The molecule has 0 saturated heterocycles. The highest BCUT2D eigenvalue weighted by Crippen LogP contribution is 2.38. The number of benzene rings is 1. The van der Waals surface area contributed by atoms with Crippen molar-refractivity contribution in [3.63, 3.8) is 0 Å². The topological polar surface area (TPSA) is 80.1 Å². The summed E-state index contributed by atoms with van der Waals surface area (Å²) in [5.74, 6) is -0.191. The average molecular weight is 387 g/mol. The average Bonchev–Trinajstić information content (AvgIpc) is 3.26. The van der Waals surface area contributed by atoms with Gasteiger partial charge in [0, 0.05) is 4.88 Å². The second-order valence-electron chi connectivity index (χ2n) is 6.47. The molecule has 4 rings (SSSR count). The van der Waals surface area contributed by atoms with E-state index >= 15 is 0 Å². The van der Waals surface area contributed by atoms with Gasteiger partial charge in [-0.05, 0) is 48.9 Å². The number of anilines is 1. The highest BCUT2D eigenvalue weighted by molar-refractivity contribution is 7.58. The van der Waals surface area contributed by atoms with Gasteiger partial charge in [-0.25, -0.2) is 4.79 Å². The largest absolute Gasteiger partial charge is 0.451 e. The van der Waals surface area contributed by atoms with Crippen LogP contribution < -0.4 is 5.32 Å². The molecule has 1 amide bonds. The fourth-order valence-corrected chi connectivity index (χ4v) is 4.75. The third-order valence-electron chi connectivity index (χ3n) is 4.42. The van der Waals surface area contributed by atoms with Crippen molar-refractivity contribution in [2.75, 3.05) is 11.9 Å². The van der Waals surface area contributed by atoms with Gasteiger partial charge in [0.1, 0.15) is 16.3 Å². The van der Waals surface area contributed by atoms with Gasteiger partial charge in [0.25, 0.3) is 5.91 Å². The number of rotatable bonds is 4. The lowest BCUT2D eigenvalue weighted by atomic mass is 9.90. The lowest BCUT2D eigenvalue weighted by molar-refractivity contribution is -0.119. The Balaban J connectivity index is 1.36. The van der Waals surface area contributed by atoms with Crippen LogP contribution in [0.1, 0.15) is 33.5 Å². The Hall–Kier alpha value is -2.32. The number of nitrogens with zero attached hydrogens (tertiary/aromatic N) is 2. The summed E-state index contributed by atoms with van der Waals surface area (Å²) >= 11 is 2.57. The molecule has 6 nitrogen and oxygen atoms in total. The highest BCUT2D eigenvalue weighted by atomic mass is 32.1. The van der Waals surface area contributed by atoms with E-state index < -0.39 is 11.9 Å². The van der Waals surface area contributed by atoms with E-state index in [1.807, 2.05) is 12.1 Å². The number of amides is 1. The summed E-state index contributed by atoms with van der Waals surface area (Å²) in [5, 5.41) is 2.72. The highest BCUT2D eigenvalue weighted by Gasteiger charge is 2.22. The zero-order valence-corrected chi connectivity index (χ0v) is 15.8. The number of carbonyl (C=O) groups is 2. The van der Waals surface area contributed by atoms with E-state index in [-0.39, 0.29) is 6.61 Å². The number of aryl methyl sites for hydroxylation is 1. The third kappa shape index (κ3) is 3.47. The first-order chi connectivity index (χ1) is 12.6. The van der Waals surface area contributed by atoms with Gasteiger partial charge < -0.3 is 10.1 Å². The van der Waals surface area contributed by atoms with Gasteiger partial charge in [0.05, 0.1) is 17.0 Å². The van der Waals surface area contributed by atoms with Crippen LogP contribution >= 0.6 is 11.3 Å². The Kier molecular flexibility index (Phi) is 4.69. The monoisotopic (exact) mass is 387 g/mol. The molecule has 0 radical (unpaired) electrons. The standard InChI is InChI=1S/C18H17N3O3S2/c1-10-5-6-14-11(7-10)8-15(25-14)18(23)24-9-16(22)19-12-3-2-4-13-17(12)21-26-20-13/h2-4,8,10H,5-7,9H2,1H3,(H,19,22)/t10-/m0/s1. The molecule has 2 aromatic rings. The molecule has 2 heterocycles. The molecule has 0 spiro atoms. The van der Waals surface area contributed by atoms with Gasteiger partial charge in [-0.1, -0.05) is 13.0 Å². The number of thiophene rings is 1. The number of ether oxygens (including phenoxy) is 1. The first-order valence-corrected chi connectivity index (χ1v) is 9.94. The van der Waals surface area contributed by atoms with E-state index in [1.165, 1.54) is 21.8 Å². The minimum Gasteiger partial charge on any atom is -0.451 e. The van der Waals surface area contributed by atoms with Gasteiger partial charge in [0.15, 0.2) is 6.61 Å². The van der Waals surface area contributed by atoms with Crippen LogP contribution in [-0.2, 0) is 33.7 Å². The first-order valence-electron chi connectivity index (χ1n) is 8.40. The maximum atomic E-state index is 12.3. The predicted octanol–water partition coefficient (Wildman–Crippen LogP) is 4.39. The molecular formula is C18H17N3O3S2. The molecule has 1 aromatic carbocycles. The van der Waals surface area contributed by atoms with Crippen LogP contribution in [0.5, 0.6) is 0 Å². The molecule has 1 N–H and O–H groups in total. The van der Waals surface area contributed by atoms with Gasteiger partial charge in [-0.3, -0.25) is 4.79 Å². The maximum Gasteiger partial charge on any atom is 0.348 e. The number of hydrogen-bond acceptors (Lipinski definition) is 6. The minimum absolute atomic E-state index is 0.328. The Morgan fingerprint density at radius 3 is 3.12 bits per heavy atom. The Bertz CT molecular complexity index is 961. The first kappa shape index (κ1) is 17.1. The molecule has 0 unspecified atom stereocenters. The Labute approximate surface area is 158 Å². The van der Waals surface area contributed by atoms with E-state index in [0.29, 0.717) is 22.2 Å². The van der Waals surface area contributed by atoms with E-state index in [1.54, 1.807) is 12.1 Å². The molecule has 26 heavy (non-hydrogen) atoms. The number of nitrogens with one attached hydrogen (secondary N) is 1. The van der Waals surface area contributed by atoms with E-state index in [2.05, 4.69) is 21.0 Å². The third-order valence-corrected chi connectivity index (χ3v) is 6.18. The van der Waals surface area contributed by atoms with Gasteiger partial charge in [-0.2, -0.15) is 8.73 Å². The molecule has 1 aliphatic heterocycles. The number of carbonyl (C=O) groups excluding carboxylic acids is 2. The quantitative estimate of drug-likeness (QED) is 0.674. The fourth-order valence-electron chi connectivity index (χ4n) is 3.10. The van der Waals surface area contributed by atoms with Crippen molar-refractivity contribution >= 4 is 51.6 Å². The molecule has 2 aliphatic rings. The summed E-state index contributed by atoms with van der Waals surface area (Å²) in [7, 11) is 0. The number of hydrogen-bond donors (Lipinski definition) is 1. The number of esters is 1. The molecule has 134 valence electrons. The Morgan fingerprint density at radius 2 is 2.23 bits per heavy atom.